The summed E-state index contributed by atoms with van der Waals surface area (Å²) in [6, 6.07) is 16.4. The van der Waals surface area contributed by atoms with Gasteiger partial charge in [0.15, 0.2) is 5.82 Å². The third-order valence-electron chi connectivity index (χ3n) is 6.79. The molecule has 4 aromatic rings. The van der Waals surface area contributed by atoms with Crippen LogP contribution in [0, 0.1) is 6.92 Å². The van der Waals surface area contributed by atoms with Crippen LogP contribution >= 0.6 is 0 Å². The van der Waals surface area contributed by atoms with Crippen LogP contribution < -0.4 is 10.1 Å². The zero-order valence-electron chi connectivity index (χ0n) is 18.8. The minimum atomic E-state index is -0.221. The van der Waals surface area contributed by atoms with Gasteiger partial charge in [0, 0.05) is 23.1 Å². The van der Waals surface area contributed by atoms with Crippen LogP contribution in [0.25, 0.3) is 16.6 Å². The Balaban J connectivity index is 1.41. The van der Waals surface area contributed by atoms with Crippen molar-refractivity contribution >= 4 is 10.9 Å². The molecule has 1 fully saturated rings. The van der Waals surface area contributed by atoms with Crippen molar-refractivity contribution < 1.29 is 4.74 Å². The van der Waals surface area contributed by atoms with Crippen LogP contribution in [-0.2, 0) is 12.0 Å². The monoisotopic (exact) mass is 430 g/mol. The second-order valence-corrected chi connectivity index (χ2v) is 8.71. The van der Waals surface area contributed by atoms with Gasteiger partial charge in [-0.2, -0.15) is 4.68 Å². The Morgan fingerprint density at radius 3 is 2.62 bits per heavy atom. The number of rotatable bonds is 7. The molecular formula is C25H30N6O. The molecule has 0 unspecified atom stereocenters. The van der Waals surface area contributed by atoms with E-state index in [1.807, 2.05) is 28.9 Å². The molecule has 7 heteroatoms. The van der Waals surface area contributed by atoms with Gasteiger partial charge in [0.25, 0.3) is 0 Å². The Morgan fingerprint density at radius 1 is 1.06 bits per heavy atom. The van der Waals surface area contributed by atoms with E-state index in [9.17, 15) is 0 Å². The highest BCUT2D eigenvalue weighted by molar-refractivity contribution is 5.84. The van der Waals surface area contributed by atoms with E-state index in [1.54, 1.807) is 7.11 Å². The third-order valence-corrected chi connectivity index (χ3v) is 6.79. The lowest BCUT2D eigenvalue weighted by molar-refractivity contribution is 0.217. The minimum Gasteiger partial charge on any atom is -0.497 e. The van der Waals surface area contributed by atoms with Crippen LogP contribution in [0.2, 0.25) is 0 Å². The number of nitrogens with one attached hydrogen (secondary N) is 2. The van der Waals surface area contributed by atoms with Crippen LogP contribution in [0.15, 0.2) is 48.5 Å². The average Bonchev–Trinajstić information content (AvgIpc) is 3.45. The van der Waals surface area contributed by atoms with Crippen LogP contribution in [0.5, 0.6) is 5.75 Å². The first-order chi connectivity index (χ1) is 15.7. The zero-order valence-corrected chi connectivity index (χ0v) is 18.8. The molecule has 2 heterocycles. The van der Waals surface area contributed by atoms with E-state index >= 15 is 0 Å². The molecule has 32 heavy (non-hydrogen) atoms. The number of nitrogens with zero attached hydrogens (tertiary/aromatic N) is 4. The number of aryl methyl sites for hydroxylation is 1. The van der Waals surface area contributed by atoms with Gasteiger partial charge in [0.05, 0.1) is 18.3 Å². The van der Waals surface area contributed by atoms with Gasteiger partial charge in [-0.05, 0) is 72.5 Å². The fourth-order valence-corrected chi connectivity index (χ4v) is 5.10. The van der Waals surface area contributed by atoms with Gasteiger partial charge in [0.2, 0.25) is 0 Å². The molecule has 166 valence electrons. The summed E-state index contributed by atoms with van der Waals surface area (Å²) in [5, 5.41) is 18.1. The lowest BCUT2D eigenvalue weighted by Gasteiger charge is -2.37. The molecular weight excluding hydrogens is 400 g/mol. The summed E-state index contributed by atoms with van der Waals surface area (Å²) < 4.78 is 7.19. The largest absolute Gasteiger partial charge is 0.497 e. The van der Waals surface area contributed by atoms with E-state index in [-0.39, 0.29) is 5.54 Å². The van der Waals surface area contributed by atoms with Crippen molar-refractivity contribution in [1.82, 2.24) is 30.5 Å². The fourth-order valence-electron chi connectivity index (χ4n) is 5.10. The first-order valence-corrected chi connectivity index (χ1v) is 11.4. The van der Waals surface area contributed by atoms with E-state index in [1.165, 1.54) is 41.4 Å². The number of ether oxygens (including phenoxy) is 1. The molecule has 0 saturated heterocycles. The normalized spacial score (nSPS) is 15.8. The van der Waals surface area contributed by atoms with Crippen molar-refractivity contribution in [3.05, 3.63) is 65.6 Å². The van der Waals surface area contributed by atoms with Crippen molar-refractivity contribution in [2.24, 2.45) is 0 Å². The number of aromatic amines is 1. The third kappa shape index (κ3) is 3.77. The number of para-hydroxylation sites is 1. The van der Waals surface area contributed by atoms with Gasteiger partial charge in [0.1, 0.15) is 5.75 Å². The van der Waals surface area contributed by atoms with Crippen molar-refractivity contribution in [3.8, 4) is 11.4 Å². The Morgan fingerprint density at radius 2 is 1.84 bits per heavy atom. The number of benzene rings is 2. The highest BCUT2D eigenvalue weighted by Gasteiger charge is 2.38. The lowest BCUT2D eigenvalue weighted by Crippen LogP contribution is -2.47. The van der Waals surface area contributed by atoms with E-state index in [0.717, 1.165) is 43.1 Å². The summed E-state index contributed by atoms with van der Waals surface area (Å²) in [5.74, 6) is 1.72. The lowest BCUT2D eigenvalue weighted by atomic mass is 9.80. The molecule has 1 saturated carbocycles. The van der Waals surface area contributed by atoms with Crippen LogP contribution in [-0.4, -0.2) is 38.8 Å². The molecule has 2 aromatic heterocycles. The Labute approximate surface area is 188 Å². The Kier molecular flexibility index (Phi) is 5.66. The summed E-state index contributed by atoms with van der Waals surface area (Å²) in [7, 11) is 1.67. The zero-order chi connectivity index (χ0) is 22.0. The predicted molar refractivity (Wildman–Crippen MR) is 125 cm³/mol. The molecule has 2 aromatic carbocycles. The van der Waals surface area contributed by atoms with Crippen molar-refractivity contribution in [2.75, 3.05) is 13.7 Å². The number of hydrogen-bond acceptors (Lipinski definition) is 5. The maximum atomic E-state index is 5.31. The van der Waals surface area contributed by atoms with E-state index < -0.39 is 0 Å². The molecule has 0 spiro atoms. The topological polar surface area (TPSA) is 80.7 Å². The second-order valence-electron chi connectivity index (χ2n) is 8.71. The SMILES string of the molecule is COc1ccc(-n2nnnc2C2(NCCc3c(C)[nH]c4ccccc34)CCCCC2)cc1. The molecule has 0 radical (unpaired) electrons. The number of methoxy groups -OCH3 is 1. The molecule has 0 aliphatic heterocycles. The predicted octanol–water partition coefficient (Wildman–Crippen LogP) is 4.45. The highest BCUT2D eigenvalue weighted by atomic mass is 16.5. The summed E-state index contributed by atoms with van der Waals surface area (Å²) in [5.41, 5.74) is 4.56. The standard InChI is InChI=1S/C25H30N6O/c1-18-21(22-8-4-5-9-23(22)27-18)14-17-26-25(15-6-3-7-16-25)24-28-29-30-31(24)19-10-12-20(32-2)13-11-19/h4-5,8-13,26-27H,3,6-7,14-17H2,1-2H3. The molecule has 2 N–H and O–H groups in total. The first kappa shape index (κ1) is 20.7. The van der Waals surface area contributed by atoms with Gasteiger partial charge < -0.3 is 15.0 Å². The van der Waals surface area contributed by atoms with Crippen molar-refractivity contribution in [1.29, 1.82) is 0 Å². The summed E-state index contributed by atoms with van der Waals surface area (Å²) in [6.45, 7) is 3.04. The molecule has 0 amide bonds. The minimum absolute atomic E-state index is 0.221. The van der Waals surface area contributed by atoms with E-state index in [2.05, 4.69) is 57.0 Å². The summed E-state index contributed by atoms with van der Waals surface area (Å²) in [6.07, 6.45) is 6.65. The van der Waals surface area contributed by atoms with Crippen molar-refractivity contribution in [3.63, 3.8) is 0 Å². The van der Waals surface area contributed by atoms with E-state index in [4.69, 9.17) is 4.74 Å². The van der Waals surface area contributed by atoms with Crippen LogP contribution in [0.3, 0.4) is 0 Å². The van der Waals surface area contributed by atoms with Crippen LogP contribution in [0.4, 0.5) is 0 Å². The summed E-state index contributed by atoms with van der Waals surface area (Å²) in [4.78, 5) is 3.52. The smallest absolute Gasteiger partial charge is 0.176 e. The number of tetrazole rings is 1. The maximum absolute atomic E-state index is 5.31. The van der Waals surface area contributed by atoms with Gasteiger partial charge in [-0.3, -0.25) is 0 Å². The molecule has 0 atom stereocenters. The molecule has 1 aliphatic carbocycles. The Bertz CT molecular complexity index is 1190. The number of fused-ring (bicyclic) bond motifs is 1. The van der Waals surface area contributed by atoms with Gasteiger partial charge >= 0.3 is 0 Å². The van der Waals surface area contributed by atoms with E-state index in [0.29, 0.717) is 0 Å². The van der Waals surface area contributed by atoms with Gasteiger partial charge in [-0.25, -0.2) is 0 Å². The number of H-pyrrole nitrogens is 1. The molecule has 5 rings (SSSR count). The Hall–Kier alpha value is -3.19. The van der Waals surface area contributed by atoms with Crippen LogP contribution in [0.1, 0.15) is 49.2 Å². The fraction of sp³-hybridized carbons (Fsp3) is 0.400. The second kappa shape index (κ2) is 8.74. The maximum Gasteiger partial charge on any atom is 0.176 e. The summed E-state index contributed by atoms with van der Waals surface area (Å²) >= 11 is 0. The molecule has 1 aliphatic rings. The average molecular weight is 431 g/mol. The quantitative estimate of drug-likeness (QED) is 0.453. The van der Waals surface area contributed by atoms with Gasteiger partial charge in [-0.1, -0.05) is 37.5 Å². The highest BCUT2D eigenvalue weighted by Crippen LogP contribution is 2.37. The van der Waals surface area contributed by atoms with Gasteiger partial charge in [-0.15, -0.1) is 5.10 Å². The number of aromatic nitrogens is 5. The first-order valence-electron chi connectivity index (χ1n) is 11.4. The molecule has 0 bridgehead atoms. The van der Waals surface area contributed by atoms with Crippen molar-refractivity contribution in [2.45, 2.75) is 51.0 Å². The number of hydrogen-bond donors (Lipinski definition) is 2. The molecule has 7 nitrogen and oxygen atoms in total.